The lowest BCUT2D eigenvalue weighted by molar-refractivity contribution is -0.115. The van der Waals surface area contributed by atoms with Crippen molar-refractivity contribution in [3.63, 3.8) is 0 Å². The second kappa shape index (κ2) is 7.17. The van der Waals surface area contributed by atoms with Crippen LogP contribution in [0, 0.1) is 17.7 Å². The maximum Gasteiger partial charge on any atom is 0.229 e. The zero-order valence-electron chi connectivity index (χ0n) is 11.3. The van der Waals surface area contributed by atoms with E-state index in [9.17, 15) is 9.18 Å². The number of nitrogens with two attached hydrogens (primary N) is 1. The maximum atomic E-state index is 13.0. The second-order valence-corrected chi connectivity index (χ2v) is 4.27. The summed E-state index contributed by atoms with van der Waals surface area (Å²) >= 11 is 0. The molecule has 1 aromatic heterocycles. The Bertz CT molecular complexity index is 704. The summed E-state index contributed by atoms with van der Waals surface area (Å²) in [7, 11) is 0. The van der Waals surface area contributed by atoms with Gasteiger partial charge in [0.2, 0.25) is 5.91 Å². The van der Waals surface area contributed by atoms with Crippen LogP contribution in [0.3, 0.4) is 0 Å². The van der Waals surface area contributed by atoms with Crippen LogP contribution in [-0.2, 0) is 11.2 Å². The molecule has 0 saturated heterocycles. The highest BCUT2D eigenvalue weighted by Gasteiger charge is 2.06. The maximum absolute atomic E-state index is 13.0. The molecule has 1 amide bonds. The van der Waals surface area contributed by atoms with Gasteiger partial charge in [0.1, 0.15) is 17.3 Å². The molecule has 0 aliphatic rings. The number of hydrogen-bond acceptors (Lipinski definition) is 3. The van der Waals surface area contributed by atoms with Crippen LogP contribution >= 0.6 is 0 Å². The SMILES string of the molecule is NCC#Cc1cccc(NC(=O)Cc2cccc(F)c2)n1. The Labute approximate surface area is 122 Å². The fraction of sp³-hybridized carbons (Fsp3) is 0.125. The average molecular weight is 283 g/mol. The number of halogens is 1. The third-order valence-corrected chi connectivity index (χ3v) is 2.59. The molecule has 1 heterocycles. The first-order valence-electron chi connectivity index (χ1n) is 6.37. The molecule has 0 atom stereocenters. The van der Waals surface area contributed by atoms with Crippen molar-refractivity contribution in [2.24, 2.45) is 5.73 Å². The summed E-state index contributed by atoms with van der Waals surface area (Å²) in [5.41, 5.74) is 6.43. The summed E-state index contributed by atoms with van der Waals surface area (Å²) in [6.45, 7) is 0.248. The van der Waals surface area contributed by atoms with E-state index in [2.05, 4.69) is 22.1 Å². The molecule has 5 heteroatoms. The van der Waals surface area contributed by atoms with E-state index in [0.29, 0.717) is 17.1 Å². The fourth-order valence-corrected chi connectivity index (χ4v) is 1.73. The van der Waals surface area contributed by atoms with Crippen LogP contribution in [0.25, 0.3) is 0 Å². The number of benzene rings is 1. The number of anilines is 1. The van der Waals surface area contributed by atoms with Crippen molar-refractivity contribution in [3.05, 3.63) is 59.5 Å². The minimum atomic E-state index is -0.363. The number of pyridine rings is 1. The molecule has 21 heavy (non-hydrogen) atoms. The Morgan fingerprint density at radius 2 is 2.10 bits per heavy atom. The average Bonchev–Trinajstić information content (AvgIpc) is 2.45. The van der Waals surface area contributed by atoms with E-state index in [4.69, 9.17) is 5.73 Å². The second-order valence-electron chi connectivity index (χ2n) is 4.27. The molecule has 2 aromatic rings. The lowest BCUT2D eigenvalue weighted by Gasteiger charge is -2.05. The number of carbonyl (C=O) groups excluding carboxylic acids is 1. The molecule has 1 aromatic carbocycles. The van der Waals surface area contributed by atoms with E-state index in [1.165, 1.54) is 12.1 Å². The molecule has 0 aliphatic heterocycles. The predicted octanol–water partition coefficient (Wildman–Crippen LogP) is 1.71. The first kappa shape index (κ1) is 14.7. The standard InChI is InChI=1S/C16H14FN3O/c17-13-5-1-4-12(10-13)11-16(21)20-15-8-2-6-14(19-15)7-3-9-18/h1-2,4-6,8,10H,9,11,18H2,(H,19,20,21). The molecule has 2 rings (SSSR count). The number of rotatable bonds is 3. The first-order valence-corrected chi connectivity index (χ1v) is 6.37. The van der Waals surface area contributed by atoms with Gasteiger partial charge in [-0.3, -0.25) is 4.79 Å². The van der Waals surface area contributed by atoms with Crippen LogP contribution in [0.2, 0.25) is 0 Å². The van der Waals surface area contributed by atoms with Gasteiger partial charge in [0, 0.05) is 0 Å². The van der Waals surface area contributed by atoms with E-state index in [-0.39, 0.29) is 24.7 Å². The van der Waals surface area contributed by atoms with E-state index in [1.54, 1.807) is 30.3 Å². The van der Waals surface area contributed by atoms with Crippen molar-refractivity contribution < 1.29 is 9.18 Å². The quantitative estimate of drug-likeness (QED) is 0.843. The van der Waals surface area contributed by atoms with Crippen molar-refractivity contribution in [3.8, 4) is 11.8 Å². The predicted molar refractivity (Wildman–Crippen MR) is 78.9 cm³/mol. The molecule has 0 saturated carbocycles. The minimum absolute atomic E-state index is 0.0815. The number of nitrogens with zero attached hydrogens (tertiary/aromatic N) is 1. The summed E-state index contributed by atoms with van der Waals surface area (Å²) < 4.78 is 13.0. The van der Waals surface area contributed by atoms with Gasteiger partial charge in [0.15, 0.2) is 0 Å². The van der Waals surface area contributed by atoms with Crippen molar-refractivity contribution in [2.45, 2.75) is 6.42 Å². The number of nitrogens with one attached hydrogen (secondary N) is 1. The van der Waals surface area contributed by atoms with Gasteiger partial charge >= 0.3 is 0 Å². The van der Waals surface area contributed by atoms with Crippen LogP contribution in [0.5, 0.6) is 0 Å². The molecular formula is C16H14FN3O. The van der Waals surface area contributed by atoms with Crippen LogP contribution < -0.4 is 11.1 Å². The van der Waals surface area contributed by atoms with Gasteiger partial charge < -0.3 is 11.1 Å². The third kappa shape index (κ3) is 4.71. The number of amides is 1. The summed E-state index contributed by atoms with van der Waals surface area (Å²) in [5.74, 6) is 5.25. The van der Waals surface area contributed by atoms with E-state index < -0.39 is 0 Å². The van der Waals surface area contributed by atoms with Crippen molar-refractivity contribution >= 4 is 11.7 Å². The molecule has 0 bridgehead atoms. The first-order chi connectivity index (χ1) is 10.2. The molecule has 0 radical (unpaired) electrons. The number of aromatic nitrogens is 1. The van der Waals surface area contributed by atoms with Gasteiger partial charge in [0.05, 0.1) is 13.0 Å². The van der Waals surface area contributed by atoms with Crippen molar-refractivity contribution in [2.75, 3.05) is 11.9 Å². The fourth-order valence-electron chi connectivity index (χ4n) is 1.73. The smallest absolute Gasteiger partial charge is 0.229 e. The van der Waals surface area contributed by atoms with Crippen LogP contribution in [0.4, 0.5) is 10.2 Å². The van der Waals surface area contributed by atoms with Gasteiger partial charge in [-0.25, -0.2) is 9.37 Å². The topological polar surface area (TPSA) is 68.0 Å². The van der Waals surface area contributed by atoms with E-state index in [0.717, 1.165) is 0 Å². The van der Waals surface area contributed by atoms with Crippen molar-refractivity contribution in [1.29, 1.82) is 0 Å². The van der Waals surface area contributed by atoms with Crippen LogP contribution in [-0.4, -0.2) is 17.4 Å². The van der Waals surface area contributed by atoms with E-state index in [1.807, 2.05) is 0 Å². The molecule has 3 N–H and O–H groups in total. The Hall–Kier alpha value is -2.71. The van der Waals surface area contributed by atoms with Gasteiger partial charge in [-0.1, -0.05) is 24.1 Å². The van der Waals surface area contributed by atoms with Crippen molar-refractivity contribution in [1.82, 2.24) is 4.98 Å². The molecule has 0 aliphatic carbocycles. The van der Waals surface area contributed by atoms with Gasteiger partial charge in [0.25, 0.3) is 0 Å². The van der Waals surface area contributed by atoms with Crippen LogP contribution in [0.15, 0.2) is 42.5 Å². The Balaban J connectivity index is 2.02. The molecular weight excluding hydrogens is 269 g/mol. The molecule has 0 fully saturated rings. The zero-order valence-corrected chi connectivity index (χ0v) is 11.3. The monoisotopic (exact) mass is 283 g/mol. The Morgan fingerprint density at radius 3 is 2.86 bits per heavy atom. The minimum Gasteiger partial charge on any atom is -0.320 e. The highest BCUT2D eigenvalue weighted by molar-refractivity contribution is 5.91. The third-order valence-electron chi connectivity index (χ3n) is 2.59. The molecule has 106 valence electrons. The lowest BCUT2D eigenvalue weighted by atomic mass is 10.1. The number of carbonyl (C=O) groups is 1. The number of hydrogen-bond donors (Lipinski definition) is 2. The largest absolute Gasteiger partial charge is 0.320 e. The summed E-state index contributed by atoms with van der Waals surface area (Å²) in [4.78, 5) is 16.1. The Kier molecular flexibility index (Phi) is 5.02. The van der Waals surface area contributed by atoms with Gasteiger partial charge in [-0.15, -0.1) is 0 Å². The zero-order chi connectivity index (χ0) is 15.1. The Morgan fingerprint density at radius 1 is 1.29 bits per heavy atom. The molecule has 0 spiro atoms. The van der Waals surface area contributed by atoms with E-state index >= 15 is 0 Å². The normalized spacial score (nSPS) is 9.62. The lowest BCUT2D eigenvalue weighted by Crippen LogP contribution is -2.15. The molecule has 0 unspecified atom stereocenters. The van der Waals surface area contributed by atoms with Crippen LogP contribution in [0.1, 0.15) is 11.3 Å². The van der Waals surface area contributed by atoms with Gasteiger partial charge in [-0.2, -0.15) is 0 Å². The van der Waals surface area contributed by atoms with Gasteiger partial charge in [-0.05, 0) is 35.7 Å². The highest BCUT2D eigenvalue weighted by atomic mass is 19.1. The summed E-state index contributed by atoms with van der Waals surface area (Å²) in [6.07, 6.45) is 0.0815. The summed E-state index contributed by atoms with van der Waals surface area (Å²) in [6, 6.07) is 11.1. The highest BCUT2D eigenvalue weighted by Crippen LogP contribution is 2.08. The molecule has 4 nitrogen and oxygen atoms in total. The summed E-state index contributed by atoms with van der Waals surface area (Å²) in [5, 5.41) is 2.66.